The first kappa shape index (κ1) is 9.57. The number of H-pyrrole nitrogens is 1. The van der Waals surface area contributed by atoms with E-state index in [1.165, 1.54) is 0 Å². The summed E-state index contributed by atoms with van der Waals surface area (Å²) in [7, 11) is 0. The Labute approximate surface area is 76.9 Å². The fourth-order valence-corrected chi connectivity index (χ4v) is 0.860. The van der Waals surface area contributed by atoms with E-state index in [1.54, 1.807) is 12.4 Å². The highest BCUT2D eigenvalue weighted by molar-refractivity contribution is 5.73. The van der Waals surface area contributed by atoms with Gasteiger partial charge in [-0.3, -0.25) is 0 Å². The number of imidazole rings is 1. The van der Waals surface area contributed by atoms with Gasteiger partial charge in [0.15, 0.2) is 0 Å². The van der Waals surface area contributed by atoms with E-state index in [4.69, 9.17) is 0 Å². The summed E-state index contributed by atoms with van der Waals surface area (Å²) in [5.41, 5.74) is 0. The van der Waals surface area contributed by atoms with Crippen LogP contribution in [0.3, 0.4) is 0 Å². The number of hydrogen-bond acceptors (Lipinski definition) is 2. The van der Waals surface area contributed by atoms with Gasteiger partial charge in [-0.2, -0.15) is 0 Å². The highest BCUT2D eigenvalue weighted by Crippen LogP contribution is 1.85. The summed E-state index contributed by atoms with van der Waals surface area (Å²) >= 11 is 0. The number of hydrogen-bond donors (Lipinski definition) is 3. The summed E-state index contributed by atoms with van der Waals surface area (Å²) in [6.45, 7) is 3.14. The second-order valence-corrected chi connectivity index (χ2v) is 2.65. The van der Waals surface area contributed by atoms with Gasteiger partial charge in [-0.15, -0.1) is 0 Å². The molecule has 0 saturated heterocycles. The molecule has 0 aliphatic carbocycles. The predicted octanol–water partition coefficient (Wildman–Crippen LogP) is 0.619. The molecule has 0 unspecified atom stereocenters. The molecule has 1 aromatic rings. The van der Waals surface area contributed by atoms with Gasteiger partial charge in [0.05, 0.1) is 6.54 Å². The van der Waals surface area contributed by atoms with Gasteiger partial charge >= 0.3 is 6.03 Å². The van der Waals surface area contributed by atoms with Crippen molar-refractivity contribution in [3.8, 4) is 0 Å². The summed E-state index contributed by atoms with van der Waals surface area (Å²) in [5.74, 6) is 0.756. The zero-order valence-electron chi connectivity index (χ0n) is 7.63. The van der Waals surface area contributed by atoms with Gasteiger partial charge in [-0.05, 0) is 6.42 Å². The molecule has 5 nitrogen and oxygen atoms in total. The van der Waals surface area contributed by atoms with Crippen molar-refractivity contribution in [2.24, 2.45) is 0 Å². The molecule has 0 fully saturated rings. The van der Waals surface area contributed by atoms with Gasteiger partial charge < -0.3 is 15.6 Å². The van der Waals surface area contributed by atoms with Crippen LogP contribution >= 0.6 is 0 Å². The molecule has 1 rings (SSSR count). The average molecular weight is 182 g/mol. The smallest absolute Gasteiger partial charge is 0.315 e. The molecule has 1 aromatic heterocycles. The van der Waals surface area contributed by atoms with E-state index in [0.29, 0.717) is 13.1 Å². The van der Waals surface area contributed by atoms with Gasteiger partial charge in [0.1, 0.15) is 5.82 Å². The number of nitrogens with zero attached hydrogens (tertiary/aromatic N) is 1. The minimum atomic E-state index is -0.154. The Balaban J connectivity index is 2.15. The van der Waals surface area contributed by atoms with Crippen LogP contribution in [0.1, 0.15) is 19.2 Å². The van der Waals surface area contributed by atoms with Crippen LogP contribution < -0.4 is 10.6 Å². The van der Waals surface area contributed by atoms with Crippen molar-refractivity contribution in [1.82, 2.24) is 20.6 Å². The summed E-state index contributed by atoms with van der Waals surface area (Å²) in [6.07, 6.45) is 4.32. The fourth-order valence-electron chi connectivity index (χ4n) is 0.860. The zero-order chi connectivity index (χ0) is 9.52. The SMILES string of the molecule is CCCNC(=O)NCc1ncc[nH]1. The van der Waals surface area contributed by atoms with Crippen LogP contribution in [0.5, 0.6) is 0 Å². The molecule has 0 saturated carbocycles. The number of urea groups is 1. The Hall–Kier alpha value is -1.52. The molecule has 0 aliphatic heterocycles. The van der Waals surface area contributed by atoms with Gasteiger partial charge in [0.25, 0.3) is 0 Å². The molecule has 0 bridgehead atoms. The number of carbonyl (C=O) groups is 1. The molecule has 0 aromatic carbocycles. The lowest BCUT2D eigenvalue weighted by molar-refractivity contribution is 0.240. The summed E-state index contributed by atoms with van der Waals surface area (Å²) in [6, 6.07) is -0.154. The first-order valence-corrected chi connectivity index (χ1v) is 4.33. The van der Waals surface area contributed by atoms with Gasteiger partial charge in [0, 0.05) is 18.9 Å². The molecule has 0 spiro atoms. The van der Waals surface area contributed by atoms with E-state index in [9.17, 15) is 4.79 Å². The first-order chi connectivity index (χ1) is 6.33. The maximum Gasteiger partial charge on any atom is 0.315 e. The molecule has 72 valence electrons. The number of aromatic amines is 1. The highest BCUT2D eigenvalue weighted by atomic mass is 16.2. The van der Waals surface area contributed by atoms with Crippen molar-refractivity contribution in [3.63, 3.8) is 0 Å². The maximum absolute atomic E-state index is 11.0. The van der Waals surface area contributed by atoms with Crippen molar-refractivity contribution < 1.29 is 4.79 Å². The molecular formula is C8H14N4O. The van der Waals surface area contributed by atoms with E-state index in [0.717, 1.165) is 12.2 Å². The lowest BCUT2D eigenvalue weighted by atomic mass is 10.5. The minimum Gasteiger partial charge on any atom is -0.347 e. The monoisotopic (exact) mass is 182 g/mol. The molecule has 2 amide bonds. The lowest BCUT2D eigenvalue weighted by Crippen LogP contribution is -2.35. The van der Waals surface area contributed by atoms with Crippen molar-refractivity contribution in [2.45, 2.75) is 19.9 Å². The van der Waals surface area contributed by atoms with Crippen LogP contribution in [-0.4, -0.2) is 22.5 Å². The van der Waals surface area contributed by atoms with Crippen LogP contribution in [0.15, 0.2) is 12.4 Å². The van der Waals surface area contributed by atoms with E-state index < -0.39 is 0 Å². The Kier molecular flexibility index (Phi) is 3.81. The topological polar surface area (TPSA) is 69.8 Å². The van der Waals surface area contributed by atoms with Crippen LogP contribution in [0.25, 0.3) is 0 Å². The Bertz CT molecular complexity index is 245. The van der Waals surface area contributed by atoms with Crippen LogP contribution in [0.2, 0.25) is 0 Å². The zero-order valence-corrected chi connectivity index (χ0v) is 7.63. The van der Waals surface area contributed by atoms with Crippen molar-refractivity contribution in [2.75, 3.05) is 6.54 Å². The molecule has 5 heteroatoms. The third-order valence-electron chi connectivity index (χ3n) is 1.51. The highest BCUT2D eigenvalue weighted by Gasteiger charge is 1.98. The average Bonchev–Trinajstić information content (AvgIpc) is 2.64. The number of nitrogens with one attached hydrogen (secondary N) is 3. The van der Waals surface area contributed by atoms with E-state index >= 15 is 0 Å². The van der Waals surface area contributed by atoms with Crippen molar-refractivity contribution in [3.05, 3.63) is 18.2 Å². The molecule has 3 N–H and O–H groups in total. The van der Waals surface area contributed by atoms with E-state index in [2.05, 4.69) is 20.6 Å². The molecular weight excluding hydrogens is 168 g/mol. The van der Waals surface area contributed by atoms with Gasteiger partial charge in [-0.1, -0.05) is 6.92 Å². The first-order valence-electron chi connectivity index (χ1n) is 4.33. The second kappa shape index (κ2) is 5.18. The largest absolute Gasteiger partial charge is 0.347 e. The quantitative estimate of drug-likeness (QED) is 0.638. The second-order valence-electron chi connectivity index (χ2n) is 2.65. The third-order valence-corrected chi connectivity index (χ3v) is 1.51. The van der Waals surface area contributed by atoms with Crippen molar-refractivity contribution >= 4 is 6.03 Å². The van der Waals surface area contributed by atoms with Gasteiger partial charge in [-0.25, -0.2) is 9.78 Å². The van der Waals surface area contributed by atoms with E-state index in [-0.39, 0.29) is 6.03 Å². The number of carbonyl (C=O) groups excluding carboxylic acids is 1. The Morgan fingerprint density at radius 3 is 3.08 bits per heavy atom. The molecule has 13 heavy (non-hydrogen) atoms. The van der Waals surface area contributed by atoms with E-state index in [1.807, 2.05) is 6.92 Å². The van der Waals surface area contributed by atoms with Crippen LogP contribution in [0.4, 0.5) is 4.79 Å². The van der Waals surface area contributed by atoms with Crippen molar-refractivity contribution in [1.29, 1.82) is 0 Å². The standard InChI is InChI=1S/C8H14N4O/c1-2-3-11-8(13)12-6-7-9-4-5-10-7/h4-5H,2-3,6H2,1H3,(H,9,10)(H2,11,12,13). The van der Waals surface area contributed by atoms with Crippen LogP contribution in [-0.2, 0) is 6.54 Å². The Morgan fingerprint density at radius 1 is 1.62 bits per heavy atom. The predicted molar refractivity (Wildman–Crippen MR) is 49.1 cm³/mol. The van der Waals surface area contributed by atoms with Gasteiger partial charge in [0.2, 0.25) is 0 Å². The number of aromatic nitrogens is 2. The maximum atomic E-state index is 11.0. The third kappa shape index (κ3) is 3.59. The number of amides is 2. The summed E-state index contributed by atoms with van der Waals surface area (Å²) in [5, 5.41) is 5.38. The summed E-state index contributed by atoms with van der Waals surface area (Å²) < 4.78 is 0. The lowest BCUT2D eigenvalue weighted by Gasteiger charge is -2.04. The Morgan fingerprint density at radius 2 is 2.46 bits per heavy atom. The molecule has 0 atom stereocenters. The molecule has 0 radical (unpaired) electrons. The van der Waals surface area contributed by atoms with Crippen LogP contribution in [0, 0.1) is 0 Å². The molecule has 0 aliphatic rings. The number of rotatable bonds is 4. The fraction of sp³-hybridized carbons (Fsp3) is 0.500. The normalized spacial score (nSPS) is 9.62. The summed E-state index contributed by atoms with van der Waals surface area (Å²) in [4.78, 5) is 17.9. The minimum absolute atomic E-state index is 0.154. The molecule has 1 heterocycles.